The topological polar surface area (TPSA) is 125 Å². The van der Waals surface area contributed by atoms with E-state index in [0.717, 1.165) is 0 Å². The molecule has 0 fully saturated rings. The van der Waals surface area contributed by atoms with E-state index in [4.69, 9.17) is 0 Å². The summed E-state index contributed by atoms with van der Waals surface area (Å²) in [7, 11) is 2.40. The van der Waals surface area contributed by atoms with Crippen LogP contribution in [0.4, 0.5) is 5.69 Å². The number of esters is 2. The van der Waals surface area contributed by atoms with Gasteiger partial charge < -0.3 is 14.8 Å². The minimum absolute atomic E-state index is 0.0760. The second-order valence-electron chi connectivity index (χ2n) is 5.43. The number of amides is 1. The molecule has 9 nitrogen and oxygen atoms in total. The lowest BCUT2D eigenvalue weighted by molar-refractivity contribution is -0.384. The molecule has 0 aliphatic heterocycles. The van der Waals surface area contributed by atoms with Crippen LogP contribution in [0, 0.1) is 16.0 Å². The lowest BCUT2D eigenvalue weighted by atomic mass is 9.98. The van der Waals surface area contributed by atoms with Gasteiger partial charge in [-0.15, -0.1) is 0 Å². The molecule has 0 unspecified atom stereocenters. The zero-order chi connectivity index (χ0) is 19.0. The van der Waals surface area contributed by atoms with Crippen LogP contribution in [0.1, 0.15) is 18.9 Å². The second-order valence-corrected chi connectivity index (χ2v) is 5.43. The molecule has 0 radical (unpaired) electrons. The Kier molecular flexibility index (Phi) is 7.51. The van der Waals surface area contributed by atoms with Crippen molar-refractivity contribution in [3.63, 3.8) is 0 Å². The van der Waals surface area contributed by atoms with E-state index >= 15 is 0 Å². The molecule has 1 aromatic carbocycles. The minimum Gasteiger partial charge on any atom is -0.469 e. The van der Waals surface area contributed by atoms with E-state index in [1.54, 1.807) is 13.0 Å². The number of rotatable bonds is 8. The van der Waals surface area contributed by atoms with Crippen LogP contribution >= 0.6 is 0 Å². The Morgan fingerprint density at radius 2 is 1.92 bits per heavy atom. The number of carbonyl (C=O) groups is 3. The van der Waals surface area contributed by atoms with Gasteiger partial charge in [0.15, 0.2) is 0 Å². The zero-order valence-electron chi connectivity index (χ0n) is 14.2. The van der Waals surface area contributed by atoms with Gasteiger partial charge in [0.25, 0.3) is 5.69 Å². The van der Waals surface area contributed by atoms with Crippen molar-refractivity contribution in [3.8, 4) is 0 Å². The molecular weight excluding hydrogens is 332 g/mol. The summed E-state index contributed by atoms with van der Waals surface area (Å²) < 4.78 is 9.21. The highest BCUT2D eigenvalue weighted by Gasteiger charge is 2.29. The second kappa shape index (κ2) is 9.36. The first kappa shape index (κ1) is 20.1. The highest BCUT2D eigenvalue weighted by atomic mass is 16.6. The fourth-order valence-electron chi connectivity index (χ4n) is 2.21. The number of non-ortho nitro benzene ring substituents is 1. The van der Waals surface area contributed by atoms with Crippen molar-refractivity contribution in [1.82, 2.24) is 5.32 Å². The molecule has 0 heterocycles. The lowest BCUT2D eigenvalue weighted by Crippen LogP contribution is -2.46. The van der Waals surface area contributed by atoms with Gasteiger partial charge in [0, 0.05) is 12.1 Å². The summed E-state index contributed by atoms with van der Waals surface area (Å²) >= 11 is 0. The highest BCUT2D eigenvalue weighted by molar-refractivity contribution is 5.86. The van der Waals surface area contributed by atoms with Crippen LogP contribution in [0.3, 0.4) is 0 Å². The number of carbonyl (C=O) groups excluding carboxylic acids is 3. The number of nitro benzene ring substituents is 1. The summed E-state index contributed by atoms with van der Waals surface area (Å²) in [6.07, 6.45) is -0.229. The minimum atomic E-state index is -1.03. The molecule has 0 bridgehead atoms. The predicted molar refractivity (Wildman–Crippen MR) is 86.5 cm³/mol. The Morgan fingerprint density at radius 1 is 1.24 bits per heavy atom. The summed E-state index contributed by atoms with van der Waals surface area (Å²) in [6, 6.07) is 4.60. The van der Waals surface area contributed by atoms with Crippen LogP contribution in [-0.2, 0) is 30.3 Å². The molecule has 0 saturated carbocycles. The number of nitrogens with zero attached hydrogens (tertiary/aromatic N) is 1. The molecule has 25 heavy (non-hydrogen) atoms. The van der Waals surface area contributed by atoms with Crippen LogP contribution in [0.15, 0.2) is 24.3 Å². The van der Waals surface area contributed by atoms with Crippen molar-refractivity contribution in [1.29, 1.82) is 0 Å². The van der Waals surface area contributed by atoms with Crippen LogP contribution < -0.4 is 5.32 Å². The average molecular weight is 352 g/mol. The number of hydrogen-bond acceptors (Lipinski definition) is 7. The standard InChI is InChI=1S/C16H20N2O7/c1-10(7-14(20)24-2)15(16(21)25-3)17-13(19)9-11-5-4-6-12(8-11)18(22)23/h4-6,8,10,15H,7,9H2,1-3H3,(H,17,19)/t10-,15-/m1/s1. The van der Waals surface area contributed by atoms with Crippen LogP contribution in [0.2, 0.25) is 0 Å². The van der Waals surface area contributed by atoms with Gasteiger partial charge in [0.2, 0.25) is 5.91 Å². The average Bonchev–Trinajstić information content (AvgIpc) is 2.58. The van der Waals surface area contributed by atoms with Crippen molar-refractivity contribution in [2.75, 3.05) is 14.2 Å². The first-order valence-electron chi connectivity index (χ1n) is 7.45. The van der Waals surface area contributed by atoms with Crippen molar-refractivity contribution in [3.05, 3.63) is 39.9 Å². The van der Waals surface area contributed by atoms with Crippen molar-refractivity contribution < 1.29 is 28.8 Å². The van der Waals surface area contributed by atoms with E-state index in [-0.39, 0.29) is 18.5 Å². The Balaban J connectivity index is 2.81. The van der Waals surface area contributed by atoms with E-state index < -0.39 is 34.7 Å². The molecule has 0 aliphatic rings. The summed E-state index contributed by atoms with van der Waals surface area (Å²) in [5.41, 5.74) is 0.296. The zero-order valence-corrected chi connectivity index (χ0v) is 14.2. The van der Waals surface area contributed by atoms with Gasteiger partial charge in [-0.25, -0.2) is 4.79 Å². The van der Waals surface area contributed by atoms with Gasteiger partial charge in [-0.2, -0.15) is 0 Å². The number of methoxy groups -OCH3 is 2. The molecule has 0 aliphatic carbocycles. The van der Waals surface area contributed by atoms with Crippen molar-refractivity contribution in [2.45, 2.75) is 25.8 Å². The number of nitrogens with one attached hydrogen (secondary N) is 1. The molecule has 136 valence electrons. The molecule has 0 saturated heterocycles. The summed E-state index contributed by atoms with van der Waals surface area (Å²) in [4.78, 5) is 45.6. The maximum Gasteiger partial charge on any atom is 0.328 e. The number of nitro groups is 1. The lowest BCUT2D eigenvalue weighted by Gasteiger charge is -2.22. The molecular formula is C16H20N2O7. The largest absolute Gasteiger partial charge is 0.469 e. The van der Waals surface area contributed by atoms with Crippen molar-refractivity contribution in [2.24, 2.45) is 5.92 Å². The van der Waals surface area contributed by atoms with Gasteiger partial charge in [-0.1, -0.05) is 19.1 Å². The monoisotopic (exact) mass is 352 g/mol. The van der Waals surface area contributed by atoms with Crippen LogP contribution in [0.25, 0.3) is 0 Å². The molecule has 9 heteroatoms. The molecule has 1 rings (SSSR count). The first-order chi connectivity index (χ1) is 11.8. The van der Waals surface area contributed by atoms with E-state index in [9.17, 15) is 24.5 Å². The number of benzene rings is 1. The normalized spacial score (nSPS) is 12.6. The van der Waals surface area contributed by atoms with E-state index in [1.165, 1.54) is 32.4 Å². The van der Waals surface area contributed by atoms with Gasteiger partial charge in [0.1, 0.15) is 6.04 Å². The Labute approximate surface area is 144 Å². The van der Waals surface area contributed by atoms with Gasteiger partial charge in [-0.3, -0.25) is 19.7 Å². The summed E-state index contributed by atoms with van der Waals surface area (Å²) in [5, 5.41) is 13.3. The van der Waals surface area contributed by atoms with Gasteiger partial charge >= 0.3 is 11.9 Å². The third-order valence-electron chi connectivity index (χ3n) is 3.54. The smallest absolute Gasteiger partial charge is 0.328 e. The third kappa shape index (κ3) is 6.21. The Morgan fingerprint density at radius 3 is 2.48 bits per heavy atom. The van der Waals surface area contributed by atoms with Gasteiger partial charge in [-0.05, 0) is 11.5 Å². The van der Waals surface area contributed by atoms with Crippen LogP contribution in [-0.4, -0.2) is 43.0 Å². The molecule has 1 amide bonds. The first-order valence-corrected chi connectivity index (χ1v) is 7.45. The maximum absolute atomic E-state index is 12.2. The molecule has 0 aromatic heterocycles. The summed E-state index contributed by atoms with van der Waals surface area (Å²) in [6.45, 7) is 1.60. The van der Waals surface area contributed by atoms with Gasteiger partial charge in [0.05, 0.1) is 32.0 Å². The van der Waals surface area contributed by atoms with E-state index in [2.05, 4.69) is 14.8 Å². The fourth-order valence-corrected chi connectivity index (χ4v) is 2.21. The SMILES string of the molecule is COC(=O)C[C@@H](C)[C@@H](NC(=O)Cc1cccc([N+](=O)[O-])c1)C(=O)OC. The van der Waals surface area contributed by atoms with E-state index in [1.807, 2.05) is 0 Å². The molecule has 1 aromatic rings. The van der Waals surface area contributed by atoms with Crippen LogP contribution in [0.5, 0.6) is 0 Å². The predicted octanol–water partition coefficient (Wildman–Crippen LogP) is 0.994. The third-order valence-corrected chi connectivity index (χ3v) is 3.54. The molecule has 0 spiro atoms. The summed E-state index contributed by atoms with van der Waals surface area (Å²) in [5.74, 6) is -2.28. The van der Waals surface area contributed by atoms with Crippen molar-refractivity contribution >= 4 is 23.5 Å². The molecule has 1 N–H and O–H groups in total. The number of ether oxygens (including phenoxy) is 2. The highest BCUT2D eigenvalue weighted by Crippen LogP contribution is 2.15. The maximum atomic E-state index is 12.2. The molecule has 2 atom stereocenters. The Bertz CT molecular complexity index is 660. The quantitative estimate of drug-likeness (QED) is 0.420. The Hall–Kier alpha value is -2.97. The number of hydrogen-bond donors (Lipinski definition) is 1. The van der Waals surface area contributed by atoms with E-state index in [0.29, 0.717) is 5.56 Å². The fraction of sp³-hybridized carbons (Fsp3) is 0.438.